The van der Waals surface area contributed by atoms with Crippen LogP contribution < -0.4 is 57.5 Å². The van der Waals surface area contributed by atoms with E-state index in [1.54, 1.807) is 0 Å². The van der Waals surface area contributed by atoms with Crippen molar-refractivity contribution in [1.82, 2.24) is 6.15 Å². The summed E-state index contributed by atoms with van der Waals surface area (Å²) in [4.78, 5) is 8.36. The van der Waals surface area contributed by atoms with E-state index in [1.807, 2.05) is 0 Å². The van der Waals surface area contributed by atoms with Gasteiger partial charge in [0, 0.05) is 0 Å². The number of hydrogen-bond donors (Lipinski definition) is 2. The number of nitrogens with zero attached hydrogens (tertiary/aromatic N) is 1. The van der Waals surface area contributed by atoms with Crippen molar-refractivity contribution in [3.63, 3.8) is 0 Å². The molecule has 0 aliphatic rings. The zero-order chi connectivity index (χ0) is 3.58. The maximum atomic E-state index is 8.36. The van der Waals surface area contributed by atoms with Crippen molar-refractivity contribution in [3.8, 4) is 0 Å². The maximum Gasteiger partial charge on any atom is 1.00 e. The molecule has 5 nitrogen and oxygen atoms in total. The standard InChI is InChI=1S/K.HNO3.H3N.H3P.H/c;2-1(3)4;;;/h;(H,2,3,4);2*1H3;/q+1;;;;-1. The molecule has 1 unspecified atom stereocenters. The van der Waals surface area contributed by atoms with E-state index in [-0.39, 0.29) is 68.9 Å². The molecule has 0 saturated heterocycles. The van der Waals surface area contributed by atoms with Crippen molar-refractivity contribution in [2.24, 2.45) is 0 Å². The Kier molecular flexibility index (Phi) is 53.9. The summed E-state index contributed by atoms with van der Waals surface area (Å²) in [5.41, 5.74) is 0. The van der Waals surface area contributed by atoms with Crippen molar-refractivity contribution < 1.29 is 63.1 Å². The minimum atomic E-state index is -1.50. The summed E-state index contributed by atoms with van der Waals surface area (Å²) in [7, 11) is 0. The summed E-state index contributed by atoms with van der Waals surface area (Å²) < 4.78 is 0. The minimum Gasteiger partial charge on any atom is -1.00 e. The van der Waals surface area contributed by atoms with Crippen LogP contribution in [0.3, 0.4) is 0 Å². The molecular formula is H8KN2O3P. The van der Waals surface area contributed by atoms with E-state index in [0.717, 1.165) is 0 Å². The Balaban J connectivity index is -0.00000000750. The molecule has 0 heterocycles. The number of hydrogen-bond acceptors (Lipinski definition) is 3. The zero-order valence-electron chi connectivity index (χ0n) is 5.13. The smallest absolute Gasteiger partial charge is 1.00 e. The molecule has 0 saturated carbocycles. The average Bonchev–Trinajstić information content (AvgIpc) is 0.811. The van der Waals surface area contributed by atoms with E-state index in [0.29, 0.717) is 0 Å². The molecule has 0 aliphatic heterocycles. The third-order valence-corrected chi connectivity index (χ3v) is 0. The first-order valence-corrected chi connectivity index (χ1v) is 0.565. The van der Waals surface area contributed by atoms with Gasteiger partial charge in [0.15, 0.2) is 0 Å². The number of rotatable bonds is 0. The van der Waals surface area contributed by atoms with E-state index in [1.165, 1.54) is 0 Å². The zero-order valence-corrected chi connectivity index (χ0v) is 8.66. The molecule has 0 aliphatic carbocycles. The largest absolute Gasteiger partial charge is 1.00 e. The van der Waals surface area contributed by atoms with Crippen molar-refractivity contribution in [2.45, 2.75) is 0 Å². The van der Waals surface area contributed by atoms with Gasteiger partial charge in [-0.15, -0.1) is 10.1 Å². The first-order chi connectivity index (χ1) is 1.73. The Bertz CT molecular complexity index is 40.3. The van der Waals surface area contributed by atoms with Crippen LogP contribution in [0, 0.1) is 10.1 Å². The third-order valence-electron chi connectivity index (χ3n) is 0. The van der Waals surface area contributed by atoms with Crippen LogP contribution in [0.4, 0.5) is 0 Å². The van der Waals surface area contributed by atoms with Crippen LogP contribution in [0.5, 0.6) is 0 Å². The van der Waals surface area contributed by atoms with Gasteiger partial charge in [0.05, 0.1) is 0 Å². The van der Waals surface area contributed by atoms with Crippen molar-refractivity contribution in [2.75, 3.05) is 0 Å². The summed E-state index contributed by atoms with van der Waals surface area (Å²) in [6.45, 7) is 0. The summed E-state index contributed by atoms with van der Waals surface area (Å²) in [5.74, 6) is 0. The second-order valence-corrected chi connectivity index (χ2v) is 0.238. The fourth-order valence-corrected chi connectivity index (χ4v) is 0. The molecule has 0 aromatic heterocycles. The average molecular weight is 154 g/mol. The van der Waals surface area contributed by atoms with Crippen molar-refractivity contribution in [3.05, 3.63) is 10.1 Å². The van der Waals surface area contributed by atoms with Gasteiger partial charge in [-0.25, -0.2) is 0 Å². The fraction of sp³-hybridized carbons (Fsp3) is 0. The second kappa shape index (κ2) is 15.7. The van der Waals surface area contributed by atoms with Gasteiger partial charge in [0.25, 0.3) is 5.09 Å². The van der Waals surface area contributed by atoms with Gasteiger partial charge in [-0.05, 0) is 0 Å². The minimum absolute atomic E-state index is 0. The van der Waals surface area contributed by atoms with Crippen LogP contribution in [-0.4, -0.2) is 10.3 Å². The van der Waals surface area contributed by atoms with Gasteiger partial charge in [-0.1, -0.05) is 0 Å². The van der Waals surface area contributed by atoms with Crippen LogP contribution in [0.1, 0.15) is 1.43 Å². The normalized spacial score (nSPS) is 3.43. The van der Waals surface area contributed by atoms with Crippen LogP contribution in [-0.2, 0) is 0 Å². The van der Waals surface area contributed by atoms with Gasteiger partial charge in [-0.2, -0.15) is 9.90 Å². The predicted molar refractivity (Wildman–Crippen MR) is 26.0 cm³/mol. The molecule has 0 radical (unpaired) electrons. The summed E-state index contributed by atoms with van der Waals surface area (Å²) >= 11 is 0. The molecule has 0 bridgehead atoms. The Morgan fingerprint density at radius 1 is 1.71 bits per heavy atom. The SMILES string of the molecule is N.O=[N+]([O-])O.P.[H-].[K+]. The first-order valence-electron chi connectivity index (χ1n) is 0.565. The van der Waals surface area contributed by atoms with Crippen LogP contribution in [0.25, 0.3) is 0 Å². The molecule has 1 atom stereocenters. The Labute approximate surface area is 88.1 Å². The molecule has 0 spiro atoms. The van der Waals surface area contributed by atoms with Crippen molar-refractivity contribution >= 4 is 9.90 Å². The van der Waals surface area contributed by atoms with E-state index < -0.39 is 5.09 Å². The Hall–Kier alpha value is 1.23. The van der Waals surface area contributed by atoms with Crippen molar-refractivity contribution in [1.29, 1.82) is 0 Å². The van der Waals surface area contributed by atoms with Crippen LogP contribution in [0.2, 0.25) is 0 Å². The first kappa shape index (κ1) is 24.0. The van der Waals surface area contributed by atoms with E-state index in [9.17, 15) is 0 Å². The van der Waals surface area contributed by atoms with Gasteiger partial charge in [0.2, 0.25) is 0 Å². The quantitative estimate of drug-likeness (QED) is 0.168. The molecule has 0 aromatic rings. The van der Waals surface area contributed by atoms with E-state index >= 15 is 0 Å². The molecule has 0 amide bonds. The molecule has 0 rings (SSSR count). The molecule has 0 aromatic carbocycles. The van der Waals surface area contributed by atoms with Gasteiger partial charge in [0.1, 0.15) is 0 Å². The summed E-state index contributed by atoms with van der Waals surface area (Å²) in [5, 5.41) is 13.6. The van der Waals surface area contributed by atoms with E-state index in [4.69, 9.17) is 15.3 Å². The Morgan fingerprint density at radius 3 is 1.71 bits per heavy atom. The van der Waals surface area contributed by atoms with Gasteiger partial charge in [-0.3, -0.25) is 0 Å². The fourth-order valence-electron chi connectivity index (χ4n) is 0. The third kappa shape index (κ3) is 131. The monoisotopic (exact) mass is 154 g/mol. The molecule has 42 valence electrons. The molecule has 7 heavy (non-hydrogen) atoms. The van der Waals surface area contributed by atoms with Gasteiger partial charge < -0.3 is 12.8 Å². The topological polar surface area (TPSA) is 98.4 Å². The van der Waals surface area contributed by atoms with Gasteiger partial charge >= 0.3 is 51.4 Å². The van der Waals surface area contributed by atoms with E-state index in [2.05, 4.69) is 0 Å². The molecular weight excluding hydrogens is 146 g/mol. The maximum absolute atomic E-state index is 8.36. The van der Waals surface area contributed by atoms with Crippen LogP contribution in [0.15, 0.2) is 0 Å². The summed E-state index contributed by atoms with van der Waals surface area (Å²) in [6, 6.07) is 0. The molecule has 4 N–H and O–H groups in total. The second-order valence-electron chi connectivity index (χ2n) is 0.238. The summed E-state index contributed by atoms with van der Waals surface area (Å²) in [6.07, 6.45) is 0. The Morgan fingerprint density at radius 2 is 1.71 bits per heavy atom. The van der Waals surface area contributed by atoms with Crippen LogP contribution >= 0.6 is 9.90 Å². The predicted octanol–water partition coefficient (Wildman–Crippen LogP) is -3.01. The molecule has 7 heteroatoms. The molecule has 0 fully saturated rings.